The number of hydrogen-bond donors (Lipinski definition) is 1. The number of aromatic nitrogens is 5. The summed E-state index contributed by atoms with van der Waals surface area (Å²) in [6.45, 7) is 6.50. The summed E-state index contributed by atoms with van der Waals surface area (Å²) in [6, 6.07) is 15.2. The molecule has 5 rings (SSSR count). The zero-order valence-electron chi connectivity index (χ0n) is 16.7. The van der Waals surface area contributed by atoms with Gasteiger partial charge in [-0.15, -0.1) is 5.10 Å². The van der Waals surface area contributed by atoms with Crippen LogP contribution in [0.15, 0.2) is 48.5 Å². The van der Waals surface area contributed by atoms with E-state index in [4.69, 9.17) is 0 Å². The molecule has 30 heavy (non-hydrogen) atoms. The topological polar surface area (TPSA) is 91.5 Å². The van der Waals surface area contributed by atoms with Gasteiger partial charge in [0.15, 0.2) is 5.82 Å². The molecule has 3 heterocycles. The smallest absolute Gasteiger partial charge is 0.254 e. The minimum absolute atomic E-state index is 0.0511. The van der Waals surface area contributed by atoms with E-state index in [-0.39, 0.29) is 5.91 Å². The number of piperazine rings is 1. The molecule has 0 unspecified atom stereocenters. The molecule has 0 bridgehead atoms. The quantitative estimate of drug-likeness (QED) is 0.559. The van der Waals surface area contributed by atoms with Crippen LogP contribution in [-0.2, 0) is 0 Å². The molecule has 9 nitrogen and oxygen atoms in total. The molecule has 4 aromatic rings. The van der Waals surface area contributed by atoms with Crippen molar-refractivity contribution in [1.29, 1.82) is 0 Å². The van der Waals surface area contributed by atoms with Crippen molar-refractivity contribution in [3.8, 4) is 0 Å². The van der Waals surface area contributed by atoms with Crippen molar-refractivity contribution in [3.63, 3.8) is 0 Å². The lowest BCUT2D eigenvalue weighted by atomic mass is 10.1. The molecule has 2 aromatic carbocycles. The predicted molar refractivity (Wildman–Crippen MR) is 114 cm³/mol. The van der Waals surface area contributed by atoms with Gasteiger partial charge in [0.05, 0.1) is 11.0 Å². The van der Waals surface area contributed by atoms with E-state index in [1.165, 1.54) is 0 Å². The van der Waals surface area contributed by atoms with Crippen LogP contribution in [0.3, 0.4) is 0 Å². The maximum Gasteiger partial charge on any atom is 0.254 e. The average molecular weight is 402 g/mol. The molecule has 9 heteroatoms. The van der Waals surface area contributed by atoms with Gasteiger partial charge < -0.3 is 15.1 Å². The van der Waals surface area contributed by atoms with E-state index in [1.807, 2.05) is 53.4 Å². The third-order valence-corrected chi connectivity index (χ3v) is 5.50. The number of tetrazole rings is 1. The highest BCUT2D eigenvalue weighted by Crippen LogP contribution is 2.23. The fraction of sp³-hybridized carbons (Fsp3) is 0.286. The highest BCUT2D eigenvalue weighted by molar-refractivity contribution is 5.95. The van der Waals surface area contributed by atoms with Crippen LogP contribution in [0.4, 0.5) is 11.5 Å². The first-order valence-corrected chi connectivity index (χ1v) is 10.1. The molecule has 1 saturated heterocycles. The van der Waals surface area contributed by atoms with Crippen molar-refractivity contribution in [2.24, 2.45) is 0 Å². The third kappa shape index (κ3) is 3.33. The molecule has 1 N–H and O–H groups in total. The van der Waals surface area contributed by atoms with Crippen molar-refractivity contribution >= 4 is 34.1 Å². The molecule has 0 saturated carbocycles. The monoisotopic (exact) mass is 402 g/mol. The van der Waals surface area contributed by atoms with Crippen LogP contribution in [-0.4, -0.2) is 73.5 Å². The highest BCUT2D eigenvalue weighted by Gasteiger charge is 2.21. The van der Waals surface area contributed by atoms with Crippen LogP contribution in [0, 0.1) is 0 Å². The summed E-state index contributed by atoms with van der Waals surface area (Å²) in [5.41, 5.74) is 3.56. The Bertz CT molecular complexity index is 1210. The summed E-state index contributed by atoms with van der Waals surface area (Å²) in [4.78, 5) is 21.9. The number of anilines is 2. The fourth-order valence-corrected chi connectivity index (χ4v) is 3.81. The Labute approximate surface area is 173 Å². The Balaban J connectivity index is 1.42. The van der Waals surface area contributed by atoms with E-state index >= 15 is 0 Å². The van der Waals surface area contributed by atoms with Gasteiger partial charge in [-0.05, 0) is 47.3 Å². The average Bonchev–Trinajstić information content (AvgIpc) is 3.30. The molecule has 0 spiro atoms. The van der Waals surface area contributed by atoms with Crippen LogP contribution in [0.5, 0.6) is 0 Å². The van der Waals surface area contributed by atoms with Crippen LogP contribution in [0.25, 0.3) is 16.7 Å². The number of nitrogens with one attached hydrogen (secondary N) is 1. The van der Waals surface area contributed by atoms with Gasteiger partial charge in [-0.3, -0.25) is 4.79 Å². The molecule has 0 atom stereocenters. The van der Waals surface area contributed by atoms with Gasteiger partial charge in [-0.25, -0.2) is 4.98 Å². The van der Waals surface area contributed by atoms with Crippen LogP contribution in [0.1, 0.15) is 17.3 Å². The number of likely N-dealkylation sites (N-methyl/N-ethyl adjacent to an activating group) is 1. The van der Waals surface area contributed by atoms with E-state index in [1.54, 1.807) is 4.52 Å². The van der Waals surface area contributed by atoms with Crippen molar-refractivity contribution in [2.75, 3.05) is 38.0 Å². The number of carbonyl (C=O) groups excluding carboxylic acids is 1. The maximum absolute atomic E-state index is 13.0. The predicted octanol–water partition coefficient (Wildman–Crippen LogP) is 2.19. The molecule has 0 radical (unpaired) electrons. The van der Waals surface area contributed by atoms with E-state index < -0.39 is 0 Å². The normalized spacial score (nSPS) is 15.0. The number of rotatable bonds is 4. The SMILES string of the molecule is CCN1CCN(C(=O)c2cccc(Nc3nc4ccccc4n4nnnc34)c2)CC1. The second-order valence-corrected chi connectivity index (χ2v) is 7.30. The summed E-state index contributed by atoms with van der Waals surface area (Å²) in [7, 11) is 0. The van der Waals surface area contributed by atoms with Gasteiger partial charge in [-0.1, -0.05) is 25.1 Å². The lowest BCUT2D eigenvalue weighted by Crippen LogP contribution is -2.48. The summed E-state index contributed by atoms with van der Waals surface area (Å²) in [5.74, 6) is 0.593. The number of carbonyl (C=O) groups is 1. The van der Waals surface area contributed by atoms with Crippen molar-refractivity contribution in [2.45, 2.75) is 6.92 Å². The fourth-order valence-electron chi connectivity index (χ4n) is 3.81. The highest BCUT2D eigenvalue weighted by atomic mass is 16.2. The second kappa shape index (κ2) is 7.68. The zero-order chi connectivity index (χ0) is 20.5. The zero-order valence-corrected chi connectivity index (χ0v) is 16.7. The molecule has 1 aliphatic rings. The minimum Gasteiger partial charge on any atom is -0.337 e. The number of benzene rings is 2. The Morgan fingerprint density at radius 2 is 1.90 bits per heavy atom. The Hall–Kier alpha value is -3.59. The lowest BCUT2D eigenvalue weighted by molar-refractivity contribution is 0.0643. The lowest BCUT2D eigenvalue weighted by Gasteiger charge is -2.34. The van der Waals surface area contributed by atoms with Gasteiger partial charge in [-0.2, -0.15) is 4.52 Å². The molecular formula is C21H22N8O. The van der Waals surface area contributed by atoms with E-state index in [0.29, 0.717) is 17.0 Å². The Morgan fingerprint density at radius 3 is 2.73 bits per heavy atom. The van der Waals surface area contributed by atoms with Crippen LogP contribution >= 0.6 is 0 Å². The largest absolute Gasteiger partial charge is 0.337 e. The van der Waals surface area contributed by atoms with Crippen LogP contribution in [0.2, 0.25) is 0 Å². The van der Waals surface area contributed by atoms with Crippen LogP contribution < -0.4 is 5.32 Å². The second-order valence-electron chi connectivity index (χ2n) is 7.30. The summed E-state index contributed by atoms with van der Waals surface area (Å²) >= 11 is 0. The third-order valence-electron chi connectivity index (χ3n) is 5.50. The molecule has 1 amide bonds. The number of para-hydroxylation sites is 2. The van der Waals surface area contributed by atoms with Crippen molar-refractivity contribution in [3.05, 3.63) is 54.1 Å². The minimum atomic E-state index is 0.0511. The first kappa shape index (κ1) is 18.4. The summed E-state index contributed by atoms with van der Waals surface area (Å²) < 4.78 is 1.66. The standard InChI is InChI=1S/C21H22N8O/c1-2-27-10-12-28(13-11-27)21(30)15-6-5-7-16(14-15)22-19-20-24-25-26-29(20)18-9-4-3-8-17(18)23-19/h3-9,14H,2,10-13H2,1H3,(H,22,23). The number of hydrogen-bond acceptors (Lipinski definition) is 7. The first-order valence-electron chi connectivity index (χ1n) is 10.1. The van der Waals surface area contributed by atoms with Gasteiger partial charge in [0.2, 0.25) is 5.65 Å². The van der Waals surface area contributed by atoms with E-state index in [9.17, 15) is 4.79 Å². The molecule has 1 aliphatic heterocycles. The molecule has 1 fully saturated rings. The van der Waals surface area contributed by atoms with Gasteiger partial charge >= 0.3 is 0 Å². The Kier molecular flexibility index (Phi) is 4.72. The number of nitrogens with zero attached hydrogens (tertiary/aromatic N) is 7. The molecule has 2 aromatic heterocycles. The van der Waals surface area contributed by atoms with Gasteiger partial charge in [0.1, 0.15) is 0 Å². The van der Waals surface area contributed by atoms with Gasteiger partial charge in [0.25, 0.3) is 5.91 Å². The van der Waals surface area contributed by atoms with Crippen molar-refractivity contribution < 1.29 is 4.79 Å². The molecular weight excluding hydrogens is 380 g/mol. The summed E-state index contributed by atoms with van der Waals surface area (Å²) in [6.07, 6.45) is 0. The summed E-state index contributed by atoms with van der Waals surface area (Å²) in [5, 5.41) is 15.3. The first-order chi connectivity index (χ1) is 14.7. The number of amides is 1. The molecule has 0 aliphatic carbocycles. The maximum atomic E-state index is 13.0. The number of fused-ring (bicyclic) bond motifs is 3. The van der Waals surface area contributed by atoms with Crippen molar-refractivity contribution in [1.82, 2.24) is 34.8 Å². The Morgan fingerprint density at radius 1 is 1.07 bits per heavy atom. The van der Waals surface area contributed by atoms with E-state index in [0.717, 1.165) is 49.4 Å². The van der Waals surface area contributed by atoms with Gasteiger partial charge in [0, 0.05) is 37.4 Å². The van der Waals surface area contributed by atoms with E-state index in [2.05, 4.69) is 37.6 Å². The molecule has 152 valence electrons.